The zero-order chi connectivity index (χ0) is 13.5. The van der Waals surface area contributed by atoms with Crippen molar-refractivity contribution in [1.82, 2.24) is 5.32 Å². The van der Waals surface area contributed by atoms with Crippen molar-refractivity contribution in [2.24, 2.45) is 0 Å². The maximum absolute atomic E-state index is 9.83. The van der Waals surface area contributed by atoms with Gasteiger partial charge in [-0.05, 0) is 12.5 Å². The minimum atomic E-state index is 0.211. The molecule has 0 unspecified atom stereocenters. The Kier molecular flexibility index (Phi) is 5.06. The molecule has 1 aliphatic heterocycles. The first-order valence-corrected chi connectivity index (χ1v) is 6.32. The normalized spacial score (nSPS) is 12.6. The lowest BCUT2D eigenvalue weighted by molar-refractivity contribution is 0.140. The number of aromatic hydroxyl groups is 1. The van der Waals surface area contributed by atoms with E-state index in [1.54, 1.807) is 12.1 Å². The van der Waals surface area contributed by atoms with Crippen LogP contribution in [-0.4, -0.2) is 31.7 Å². The molecule has 0 spiro atoms. The Morgan fingerprint density at radius 3 is 2.89 bits per heavy atom. The second kappa shape index (κ2) is 7.01. The standard InChI is InChI=1S/C14H19NO4/c1-2-3-5-17-6-4-15-9-11-7-13-14(8-12(11)16)19-10-18-13/h2,7-8,15-16H,1,3-6,9-10H2. The zero-order valence-electron chi connectivity index (χ0n) is 10.9. The molecule has 0 radical (unpaired) electrons. The van der Waals surface area contributed by atoms with E-state index in [0.717, 1.165) is 18.5 Å². The summed E-state index contributed by atoms with van der Waals surface area (Å²) in [6, 6.07) is 3.38. The Bertz CT molecular complexity index is 434. The number of phenolic OH excluding ortho intramolecular Hbond substituents is 1. The van der Waals surface area contributed by atoms with Crippen molar-refractivity contribution in [3.63, 3.8) is 0 Å². The van der Waals surface area contributed by atoms with Crippen LogP contribution in [-0.2, 0) is 11.3 Å². The summed E-state index contributed by atoms with van der Waals surface area (Å²) in [6.07, 6.45) is 2.70. The van der Waals surface area contributed by atoms with Crippen LogP contribution in [0, 0.1) is 0 Å². The van der Waals surface area contributed by atoms with Crippen molar-refractivity contribution in [1.29, 1.82) is 0 Å². The molecule has 0 fully saturated rings. The van der Waals surface area contributed by atoms with Crippen LogP contribution < -0.4 is 14.8 Å². The average Bonchev–Trinajstić information content (AvgIpc) is 2.84. The van der Waals surface area contributed by atoms with Gasteiger partial charge in [0.05, 0.1) is 13.2 Å². The topological polar surface area (TPSA) is 60.0 Å². The molecule has 0 amide bonds. The highest BCUT2D eigenvalue weighted by Crippen LogP contribution is 2.37. The quantitative estimate of drug-likeness (QED) is 0.554. The fourth-order valence-corrected chi connectivity index (χ4v) is 1.75. The predicted octanol–water partition coefficient (Wildman–Crippen LogP) is 1.80. The molecule has 1 heterocycles. The van der Waals surface area contributed by atoms with Gasteiger partial charge in [0.1, 0.15) is 5.75 Å². The molecule has 0 aliphatic carbocycles. The molecule has 1 aliphatic rings. The number of benzene rings is 1. The van der Waals surface area contributed by atoms with Gasteiger partial charge in [0, 0.05) is 24.7 Å². The molecule has 2 N–H and O–H groups in total. The highest BCUT2D eigenvalue weighted by molar-refractivity contribution is 5.51. The van der Waals surface area contributed by atoms with Crippen molar-refractivity contribution in [3.05, 3.63) is 30.4 Å². The van der Waals surface area contributed by atoms with E-state index in [4.69, 9.17) is 14.2 Å². The summed E-state index contributed by atoms with van der Waals surface area (Å²) >= 11 is 0. The Balaban J connectivity index is 1.72. The SMILES string of the molecule is C=CCCOCCNCc1cc2c(cc1O)OCO2. The van der Waals surface area contributed by atoms with Gasteiger partial charge in [-0.15, -0.1) is 6.58 Å². The van der Waals surface area contributed by atoms with Crippen molar-refractivity contribution in [2.75, 3.05) is 26.6 Å². The monoisotopic (exact) mass is 265 g/mol. The summed E-state index contributed by atoms with van der Waals surface area (Å²) in [7, 11) is 0. The Morgan fingerprint density at radius 2 is 2.11 bits per heavy atom. The number of hydrogen-bond acceptors (Lipinski definition) is 5. The lowest BCUT2D eigenvalue weighted by Gasteiger charge is -2.08. The number of phenols is 1. The summed E-state index contributed by atoms with van der Waals surface area (Å²) < 4.78 is 15.8. The maximum atomic E-state index is 9.83. The van der Waals surface area contributed by atoms with Gasteiger partial charge in [-0.2, -0.15) is 0 Å². The van der Waals surface area contributed by atoms with Crippen LogP contribution in [0.15, 0.2) is 24.8 Å². The third kappa shape index (κ3) is 3.87. The van der Waals surface area contributed by atoms with Gasteiger partial charge in [0.25, 0.3) is 0 Å². The second-order valence-electron chi connectivity index (χ2n) is 4.20. The van der Waals surface area contributed by atoms with Crippen LogP contribution in [0.4, 0.5) is 0 Å². The van der Waals surface area contributed by atoms with Crippen molar-refractivity contribution in [2.45, 2.75) is 13.0 Å². The lowest BCUT2D eigenvalue weighted by Crippen LogP contribution is -2.19. The second-order valence-corrected chi connectivity index (χ2v) is 4.20. The lowest BCUT2D eigenvalue weighted by atomic mass is 10.1. The fourth-order valence-electron chi connectivity index (χ4n) is 1.75. The first-order chi connectivity index (χ1) is 9.31. The van der Waals surface area contributed by atoms with Gasteiger partial charge in [-0.25, -0.2) is 0 Å². The summed E-state index contributed by atoms with van der Waals surface area (Å²) in [5.41, 5.74) is 0.787. The summed E-state index contributed by atoms with van der Waals surface area (Å²) in [6.45, 7) is 6.46. The van der Waals surface area contributed by atoms with Gasteiger partial charge in [-0.1, -0.05) is 6.08 Å². The molecular formula is C14H19NO4. The number of rotatable bonds is 8. The van der Waals surface area contributed by atoms with Crippen LogP contribution in [0.1, 0.15) is 12.0 Å². The summed E-state index contributed by atoms with van der Waals surface area (Å²) in [4.78, 5) is 0. The molecule has 0 aromatic heterocycles. The van der Waals surface area contributed by atoms with Crippen molar-refractivity contribution in [3.8, 4) is 17.2 Å². The molecule has 0 saturated carbocycles. The predicted molar refractivity (Wildman–Crippen MR) is 71.6 cm³/mol. The molecule has 1 aromatic rings. The van der Waals surface area contributed by atoms with Crippen LogP contribution in [0.3, 0.4) is 0 Å². The maximum Gasteiger partial charge on any atom is 0.231 e. The molecule has 5 heteroatoms. The zero-order valence-corrected chi connectivity index (χ0v) is 10.9. The molecule has 1 aromatic carbocycles. The van der Waals surface area contributed by atoms with Gasteiger partial charge in [0.15, 0.2) is 11.5 Å². The molecule has 5 nitrogen and oxygen atoms in total. The van der Waals surface area contributed by atoms with Gasteiger partial charge < -0.3 is 24.6 Å². The third-order valence-corrected chi connectivity index (χ3v) is 2.78. The summed E-state index contributed by atoms with van der Waals surface area (Å²) in [5.74, 6) is 1.48. The van der Waals surface area contributed by atoms with Crippen LogP contribution in [0.5, 0.6) is 17.2 Å². The van der Waals surface area contributed by atoms with E-state index in [2.05, 4.69) is 11.9 Å². The van der Waals surface area contributed by atoms with Gasteiger partial charge in [-0.3, -0.25) is 0 Å². The van der Waals surface area contributed by atoms with E-state index in [1.165, 1.54) is 0 Å². The van der Waals surface area contributed by atoms with E-state index >= 15 is 0 Å². The number of fused-ring (bicyclic) bond motifs is 1. The van der Waals surface area contributed by atoms with Crippen LogP contribution in [0.2, 0.25) is 0 Å². The molecular weight excluding hydrogens is 246 g/mol. The minimum absolute atomic E-state index is 0.211. The third-order valence-electron chi connectivity index (χ3n) is 2.78. The average molecular weight is 265 g/mol. The van der Waals surface area contributed by atoms with Gasteiger partial charge >= 0.3 is 0 Å². The smallest absolute Gasteiger partial charge is 0.231 e. The fraction of sp³-hybridized carbons (Fsp3) is 0.429. The minimum Gasteiger partial charge on any atom is -0.507 e. The molecule has 19 heavy (non-hydrogen) atoms. The van der Waals surface area contributed by atoms with E-state index in [0.29, 0.717) is 31.3 Å². The Hall–Kier alpha value is -1.72. The Morgan fingerprint density at radius 1 is 1.32 bits per heavy atom. The molecule has 0 bridgehead atoms. The van der Waals surface area contributed by atoms with E-state index in [1.807, 2.05) is 6.08 Å². The highest BCUT2D eigenvalue weighted by Gasteiger charge is 2.16. The van der Waals surface area contributed by atoms with Crippen molar-refractivity contribution < 1.29 is 19.3 Å². The van der Waals surface area contributed by atoms with E-state index < -0.39 is 0 Å². The Labute approximate surface area is 112 Å². The highest BCUT2D eigenvalue weighted by atomic mass is 16.7. The molecule has 104 valence electrons. The number of hydrogen-bond donors (Lipinski definition) is 2. The van der Waals surface area contributed by atoms with Crippen LogP contribution >= 0.6 is 0 Å². The first-order valence-electron chi connectivity index (χ1n) is 6.32. The van der Waals surface area contributed by atoms with Gasteiger partial charge in [0.2, 0.25) is 6.79 Å². The summed E-state index contributed by atoms with van der Waals surface area (Å²) in [5, 5.41) is 13.0. The number of ether oxygens (including phenoxy) is 3. The molecule has 2 rings (SSSR count). The molecule has 0 atom stereocenters. The number of nitrogens with one attached hydrogen (secondary N) is 1. The molecule has 0 saturated heterocycles. The van der Waals surface area contributed by atoms with E-state index in [9.17, 15) is 5.11 Å². The first kappa shape index (κ1) is 13.7. The largest absolute Gasteiger partial charge is 0.507 e. The van der Waals surface area contributed by atoms with Crippen molar-refractivity contribution >= 4 is 0 Å². The van der Waals surface area contributed by atoms with E-state index in [-0.39, 0.29) is 12.5 Å². The van der Waals surface area contributed by atoms with Crippen LogP contribution in [0.25, 0.3) is 0 Å².